The summed E-state index contributed by atoms with van der Waals surface area (Å²) < 4.78 is 31.8. The second-order valence-electron chi connectivity index (χ2n) is 6.94. The van der Waals surface area contributed by atoms with E-state index in [-0.39, 0.29) is 43.5 Å². The molecule has 0 aliphatic heterocycles. The number of hydrogen-bond donors (Lipinski definition) is 0. The van der Waals surface area contributed by atoms with Crippen LogP contribution in [0.2, 0.25) is 0 Å². The summed E-state index contributed by atoms with van der Waals surface area (Å²) in [5.74, 6) is -0.969. The van der Waals surface area contributed by atoms with Gasteiger partial charge >= 0.3 is 0 Å². The zero-order valence-corrected chi connectivity index (χ0v) is 16.8. The summed E-state index contributed by atoms with van der Waals surface area (Å²) in [6.45, 7) is 4.00. The van der Waals surface area contributed by atoms with Crippen LogP contribution in [0.15, 0.2) is 84.0 Å². The Balaban J connectivity index is 1.78. The zero-order chi connectivity index (χ0) is 22.2. The van der Waals surface area contributed by atoms with Crippen molar-refractivity contribution in [3.8, 4) is 0 Å². The maximum absolute atomic E-state index is 13.2. The summed E-state index contributed by atoms with van der Waals surface area (Å²) in [4.78, 5) is 28.8. The Bertz CT molecular complexity index is 1020. The highest BCUT2D eigenvalue weighted by Crippen LogP contribution is 2.14. The van der Waals surface area contributed by atoms with Crippen molar-refractivity contribution in [2.75, 3.05) is 13.1 Å². The molecule has 0 aliphatic carbocycles. The van der Waals surface area contributed by atoms with E-state index < -0.39 is 11.7 Å². The number of rotatable bonds is 9. The van der Waals surface area contributed by atoms with E-state index in [2.05, 4.69) is 6.58 Å². The van der Waals surface area contributed by atoms with Crippen molar-refractivity contribution in [1.29, 1.82) is 0 Å². The SMILES string of the molecule is C=CCN(CC(=O)N(Cc1ccc(F)cc1)Cc1ccco1)C(=O)c1ccc(F)cc1. The van der Waals surface area contributed by atoms with Gasteiger partial charge in [-0.15, -0.1) is 6.58 Å². The summed E-state index contributed by atoms with van der Waals surface area (Å²) in [5.41, 5.74) is 1.01. The van der Waals surface area contributed by atoms with Gasteiger partial charge < -0.3 is 14.2 Å². The summed E-state index contributed by atoms with van der Waals surface area (Å²) in [7, 11) is 0. The van der Waals surface area contributed by atoms with Crippen LogP contribution in [0.5, 0.6) is 0 Å². The molecule has 0 N–H and O–H groups in total. The highest BCUT2D eigenvalue weighted by molar-refractivity contribution is 5.96. The lowest BCUT2D eigenvalue weighted by atomic mass is 10.2. The van der Waals surface area contributed by atoms with Crippen LogP contribution in [0.4, 0.5) is 8.78 Å². The minimum absolute atomic E-state index is 0.146. The first-order chi connectivity index (χ1) is 15.0. The molecule has 0 unspecified atom stereocenters. The van der Waals surface area contributed by atoms with Crippen molar-refractivity contribution in [1.82, 2.24) is 9.80 Å². The van der Waals surface area contributed by atoms with Crippen molar-refractivity contribution in [2.45, 2.75) is 13.1 Å². The molecular formula is C24H22F2N2O3. The van der Waals surface area contributed by atoms with E-state index >= 15 is 0 Å². The summed E-state index contributed by atoms with van der Waals surface area (Å²) >= 11 is 0. The van der Waals surface area contributed by atoms with Crippen LogP contribution < -0.4 is 0 Å². The molecule has 0 saturated heterocycles. The third kappa shape index (κ3) is 6.12. The molecule has 0 fully saturated rings. The Hall–Kier alpha value is -3.74. The van der Waals surface area contributed by atoms with Gasteiger partial charge in [-0.2, -0.15) is 0 Å². The van der Waals surface area contributed by atoms with Crippen LogP contribution in [0.3, 0.4) is 0 Å². The highest BCUT2D eigenvalue weighted by atomic mass is 19.1. The molecule has 31 heavy (non-hydrogen) atoms. The third-order valence-corrected chi connectivity index (χ3v) is 4.62. The normalized spacial score (nSPS) is 10.5. The second-order valence-corrected chi connectivity index (χ2v) is 6.94. The Labute approximate surface area is 179 Å². The third-order valence-electron chi connectivity index (χ3n) is 4.62. The summed E-state index contributed by atoms with van der Waals surface area (Å²) in [6, 6.07) is 14.5. The lowest BCUT2D eigenvalue weighted by molar-refractivity contribution is -0.133. The standard InChI is InChI=1S/C24H22F2N2O3/c1-2-13-27(24(30)19-7-11-21(26)12-8-19)17-23(29)28(16-22-4-3-14-31-22)15-18-5-9-20(25)10-6-18/h2-12,14H,1,13,15-17H2. The van der Waals surface area contributed by atoms with Crippen molar-refractivity contribution >= 4 is 11.8 Å². The van der Waals surface area contributed by atoms with Crippen molar-refractivity contribution in [2.24, 2.45) is 0 Å². The van der Waals surface area contributed by atoms with Gasteiger partial charge in [0.25, 0.3) is 5.91 Å². The Morgan fingerprint density at radius 3 is 2.13 bits per heavy atom. The predicted octanol–water partition coefficient (Wildman–Crippen LogP) is 4.42. The molecule has 2 amide bonds. The van der Waals surface area contributed by atoms with Crippen LogP contribution in [-0.2, 0) is 17.9 Å². The Morgan fingerprint density at radius 2 is 1.55 bits per heavy atom. The van der Waals surface area contributed by atoms with E-state index in [1.165, 1.54) is 58.5 Å². The molecular weight excluding hydrogens is 402 g/mol. The van der Waals surface area contributed by atoms with Gasteiger partial charge in [-0.3, -0.25) is 9.59 Å². The topological polar surface area (TPSA) is 53.8 Å². The average molecular weight is 424 g/mol. The van der Waals surface area contributed by atoms with Crippen molar-refractivity contribution in [3.63, 3.8) is 0 Å². The number of furan rings is 1. The average Bonchev–Trinajstić information content (AvgIpc) is 3.27. The van der Waals surface area contributed by atoms with Gasteiger partial charge in [0, 0.05) is 18.7 Å². The smallest absolute Gasteiger partial charge is 0.254 e. The van der Waals surface area contributed by atoms with E-state index in [1.54, 1.807) is 24.3 Å². The van der Waals surface area contributed by atoms with Gasteiger partial charge in [0.2, 0.25) is 5.91 Å². The number of nitrogens with zero attached hydrogens (tertiary/aromatic N) is 2. The number of carbonyl (C=O) groups is 2. The molecule has 0 saturated carbocycles. The number of benzene rings is 2. The molecule has 0 bridgehead atoms. The quantitative estimate of drug-likeness (QED) is 0.478. The molecule has 0 aliphatic rings. The van der Waals surface area contributed by atoms with Gasteiger partial charge in [0.15, 0.2) is 0 Å². The van der Waals surface area contributed by atoms with E-state index in [1.807, 2.05) is 0 Å². The molecule has 3 aromatic rings. The molecule has 0 radical (unpaired) electrons. The van der Waals surface area contributed by atoms with Crippen LogP contribution >= 0.6 is 0 Å². The van der Waals surface area contributed by atoms with Gasteiger partial charge in [0.05, 0.1) is 12.8 Å². The van der Waals surface area contributed by atoms with E-state index in [0.29, 0.717) is 5.76 Å². The molecule has 1 heterocycles. The summed E-state index contributed by atoms with van der Waals surface area (Å²) in [6.07, 6.45) is 3.03. The van der Waals surface area contributed by atoms with Gasteiger partial charge in [0.1, 0.15) is 23.9 Å². The Kier molecular flexibility index (Phi) is 7.32. The predicted molar refractivity (Wildman–Crippen MR) is 112 cm³/mol. The fourth-order valence-corrected chi connectivity index (χ4v) is 3.05. The molecule has 2 aromatic carbocycles. The monoisotopic (exact) mass is 424 g/mol. The van der Waals surface area contributed by atoms with Crippen molar-refractivity contribution in [3.05, 3.63) is 108 Å². The lowest BCUT2D eigenvalue weighted by Gasteiger charge is -2.27. The first-order valence-corrected chi connectivity index (χ1v) is 9.66. The van der Waals surface area contributed by atoms with Gasteiger partial charge in [-0.05, 0) is 54.1 Å². The van der Waals surface area contributed by atoms with Crippen LogP contribution in [0, 0.1) is 11.6 Å². The number of amides is 2. The van der Waals surface area contributed by atoms with Gasteiger partial charge in [-0.1, -0.05) is 18.2 Å². The molecule has 3 rings (SSSR count). The second kappa shape index (κ2) is 10.3. The molecule has 0 atom stereocenters. The van der Waals surface area contributed by atoms with Gasteiger partial charge in [-0.25, -0.2) is 8.78 Å². The van der Waals surface area contributed by atoms with E-state index in [9.17, 15) is 18.4 Å². The molecule has 0 spiro atoms. The number of halogens is 2. The molecule has 160 valence electrons. The van der Waals surface area contributed by atoms with E-state index in [4.69, 9.17) is 4.42 Å². The minimum atomic E-state index is -0.452. The first kappa shape index (κ1) is 22.0. The maximum Gasteiger partial charge on any atom is 0.254 e. The lowest BCUT2D eigenvalue weighted by Crippen LogP contribution is -2.42. The molecule has 7 heteroatoms. The van der Waals surface area contributed by atoms with Crippen LogP contribution in [-0.4, -0.2) is 34.7 Å². The van der Waals surface area contributed by atoms with E-state index in [0.717, 1.165) is 5.56 Å². The maximum atomic E-state index is 13.2. The first-order valence-electron chi connectivity index (χ1n) is 9.66. The number of hydrogen-bond acceptors (Lipinski definition) is 3. The number of carbonyl (C=O) groups excluding carboxylic acids is 2. The van der Waals surface area contributed by atoms with Crippen LogP contribution in [0.25, 0.3) is 0 Å². The largest absolute Gasteiger partial charge is 0.467 e. The minimum Gasteiger partial charge on any atom is -0.467 e. The molecule has 5 nitrogen and oxygen atoms in total. The van der Waals surface area contributed by atoms with Crippen molar-refractivity contribution < 1.29 is 22.8 Å². The van der Waals surface area contributed by atoms with Crippen LogP contribution in [0.1, 0.15) is 21.7 Å². The Morgan fingerprint density at radius 1 is 0.903 bits per heavy atom. The highest BCUT2D eigenvalue weighted by Gasteiger charge is 2.23. The summed E-state index contributed by atoms with van der Waals surface area (Å²) in [5, 5.41) is 0. The fraction of sp³-hybridized carbons (Fsp3) is 0.167. The molecule has 1 aromatic heterocycles. The zero-order valence-electron chi connectivity index (χ0n) is 16.8. The fourth-order valence-electron chi connectivity index (χ4n) is 3.05.